The van der Waals surface area contributed by atoms with E-state index in [1.165, 1.54) is 0 Å². The highest BCUT2D eigenvalue weighted by Crippen LogP contribution is 2.20. The quantitative estimate of drug-likeness (QED) is 0.741. The summed E-state index contributed by atoms with van der Waals surface area (Å²) in [5, 5.41) is 0.555. The van der Waals surface area contributed by atoms with Gasteiger partial charge in [0.15, 0.2) is 0 Å². The van der Waals surface area contributed by atoms with E-state index in [0.29, 0.717) is 23.2 Å². The molecule has 0 saturated heterocycles. The lowest BCUT2D eigenvalue weighted by atomic mass is 10.2. The molecule has 1 heterocycles. The molecule has 0 radical (unpaired) electrons. The number of rotatable bonds is 4. The molecule has 2 nitrogen and oxygen atoms in total. The van der Waals surface area contributed by atoms with E-state index in [0.717, 1.165) is 10.0 Å². The monoisotopic (exact) mass is 345 g/mol. The first kappa shape index (κ1) is 13.7. The van der Waals surface area contributed by atoms with Crippen LogP contribution in [0.25, 0.3) is 0 Å². The van der Waals surface area contributed by atoms with Crippen LogP contribution >= 0.6 is 39.1 Å². The van der Waals surface area contributed by atoms with E-state index in [4.69, 9.17) is 27.9 Å². The molecule has 0 fully saturated rings. The molecule has 0 unspecified atom stereocenters. The highest BCUT2D eigenvalue weighted by molar-refractivity contribution is 9.10. The highest BCUT2D eigenvalue weighted by Gasteiger charge is 2.04. The summed E-state index contributed by atoms with van der Waals surface area (Å²) >= 11 is 15.1. The molecule has 2 rings (SSSR count). The molecule has 0 saturated carbocycles. The predicted octanol–water partition coefficient (Wildman–Crippen LogP) is 4.82. The second-order valence-electron chi connectivity index (χ2n) is 3.63. The maximum Gasteiger partial charge on any atom is 0.213 e. The van der Waals surface area contributed by atoms with Crippen LogP contribution in [-0.2, 0) is 12.5 Å². The molecule has 0 spiro atoms. The highest BCUT2D eigenvalue weighted by atomic mass is 79.9. The lowest BCUT2D eigenvalue weighted by Gasteiger charge is -2.07. The summed E-state index contributed by atoms with van der Waals surface area (Å²) in [7, 11) is 0. The van der Waals surface area contributed by atoms with E-state index < -0.39 is 0 Å². The van der Waals surface area contributed by atoms with E-state index in [9.17, 15) is 0 Å². The molecular weight excluding hydrogens is 337 g/mol. The second kappa shape index (κ2) is 6.41. The van der Waals surface area contributed by atoms with Crippen LogP contribution in [0.15, 0.2) is 40.9 Å². The Balaban J connectivity index is 2.06. The number of pyridine rings is 1. The molecule has 0 bridgehead atoms. The zero-order valence-corrected chi connectivity index (χ0v) is 12.5. The van der Waals surface area contributed by atoms with Gasteiger partial charge in [-0.15, -0.1) is 11.6 Å². The number of nitrogens with zero attached hydrogens (tertiary/aromatic N) is 1. The molecule has 0 aliphatic rings. The van der Waals surface area contributed by atoms with E-state index in [-0.39, 0.29) is 5.88 Å². The van der Waals surface area contributed by atoms with Crippen molar-refractivity contribution in [1.82, 2.24) is 4.98 Å². The molecule has 1 aromatic heterocycles. The summed E-state index contributed by atoms with van der Waals surface area (Å²) in [6, 6.07) is 11.4. The number of hydrogen-bond acceptors (Lipinski definition) is 2. The topological polar surface area (TPSA) is 22.1 Å². The zero-order chi connectivity index (χ0) is 13.0. The zero-order valence-electron chi connectivity index (χ0n) is 9.37. The Kier molecular flexibility index (Phi) is 4.87. The van der Waals surface area contributed by atoms with Gasteiger partial charge in [-0.05, 0) is 23.8 Å². The van der Waals surface area contributed by atoms with Crippen LogP contribution < -0.4 is 4.74 Å². The molecule has 0 aliphatic heterocycles. The van der Waals surface area contributed by atoms with Gasteiger partial charge in [0.2, 0.25) is 5.88 Å². The van der Waals surface area contributed by atoms with Crippen LogP contribution in [0.3, 0.4) is 0 Å². The van der Waals surface area contributed by atoms with Gasteiger partial charge in [0, 0.05) is 10.5 Å². The van der Waals surface area contributed by atoms with Crippen LogP contribution in [0.2, 0.25) is 5.02 Å². The molecule has 0 aliphatic carbocycles. The Bertz CT molecular complexity index is 548. The summed E-state index contributed by atoms with van der Waals surface area (Å²) in [6.45, 7) is 0.454. The maximum absolute atomic E-state index is 5.93. The third-order valence-corrected chi connectivity index (χ3v) is 3.39. The van der Waals surface area contributed by atoms with Gasteiger partial charge < -0.3 is 4.74 Å². The minimum Gasteiger partial charge on any atom is -0.473 e. The Morgan fingerprint density at radius 2 is 2.06 bits per heavy atom. The number of alkyl halides is 1. The molecule has 18 heavy (non-hydrogen) atoms. The largest absolute Gasteiger partial charge is 0.473 e. The molecule has 5 heteroatoms. The van der Waals surface area contributed by atoms with Crippen molar-refractivity contribution < 1.29 is 4.74 Å². The number of halogens is 3. The molecule has 94 valence electrons. The van der Waals surface area contributed by atoms with Crippen LogP contribution in [0, 0.1) is 0 Å². The fourth-order valence-electron chi connectivity index (χ4n) is 1.42. The molecular formula is C13H10BrCl2NO. The Hall–Kier alpha value is -0.770. The van der Waals surface area contributed by atoms with Crippen LogP contribution in [0.5, 0.6) is 5.88 Å². The lowest BCUT2D eigenvalue weighted by Crippen LogP contribution is -1.99. The van der Waals surface area contributed by atoms with Crippen molar-refractivity contribution in [3.63, 3.8) is 0 Å². The average Bonchev–Trinajstić information content (AvgIpc) is 2.38. The summed E-state index contributed by atoms with van der Waals surface area (Å²) in [6.07, 6.45) is 0. The van der Waals surface area contributed by atoms with Crippen LogP contribution in [-0.4, -0.2) is 4.98 Å². The smallest absolute Gasteiger partial charge is 0.213 e. The molecule has 0 N–H and O–H groups in total. The number of benzene rings is 1. The minimum absolute atomic E-state index is 0.271. The standard InChI is InChI=1S/C13H10BrCl2NO/c14-10-3-1-2-9(6-10)8-18-13-5-4-11(16)12(7-15)17-13/h1-6H,7-8H2. The van der Waals surface area contributed by atoms with Gasteiger partial charge in [0.1, 0.15) is 6.61 Å². The van der Waals surface area contributed by atoms with Crippen molar-refractivity contribution in [3.05, 3.63) is 57.2 Å². The number of hydrogen-bond donors (Lipinski definition) is 0. The summed E-state index contributed by atoms with van der Waals surface area (Å²) < 4.78 is 6.62. The molecule has 2 aromatic rings. The van der Waals surface area contributed by atoms with Gasteiger partial charge in [-0.3, -0.25) is 0 Å². The first-order valence-corrected chi connectivity index (χ1v) is 6.98. The molecule has 0 amide bonds. The predicted molar refractivity (Wildman–Crippen MR) is 77.3 cm³/mol. The van der Waals surface area contributed by atoms with Crippen molar-refractivity contribution in [3.8, 4) is 5.88 Å². The van der Waals surface area contributed by atoms with E-state index >= 15 is 0 Å². The fourth-order valence-corrected chi connectivity index (χ4v) is 2.31. The minimum atomic E-state index is 0.271. The summed E-state index contributed by atoms with van der Waals surface area (Å²) in [5.41, 5.74) is 1.69. The Morgan fingerprint density at radius 1 is 1.22 bits per heavy atom. The third kappa shape index (κ3) is 3.61. The second-order valence-corrected chi connectivity index (χ2v) is 5.22. The van der Waals surface area contributed by atoms with Crippen molar-refractivity contribution >= 4 is 39.1 Å². The summed E-state index contributed by atoms with van der Waals surface area (Å²) in [5.74, 6) is 0.794. The number of aromatic nitrogens is 1. The summed E-state index contributed by atoms with van der Waals surface area (Å²) in [4.78, 5) is 4.23. The van der Waals surface area contributed by atoms with E-state index in [2.05, 4.69) is 20.9 Å². The van der Waals surface area contributed by atoms with Gasteiger partial charge >= 0.3 is 0 Å². The SMILES string of the molecule is ClCc1nc(OCc2cccc(Br)c2)ccc1Cl. The van der Waals surface area contributed by atoms with Crippen LogP contribution in [0.4, 0.5) is 0 Å². The van der Waals surface area contributed by atoms with Crippen molar-refractivity contribution in [2.75, 3.05) is 0 Å². The van der Waals surface area contributed by atoms with Gasteiger partial charge in [-0.25, -0.2) is 4.98 Å². The van der Waals surface area contributed by atoms with E-state index in [1.54, 1.807) is 12.1 Å². The normalized spacial score (nSPS) is 10.4. The first-order valence-electron chi connectivity index (χ1n) is 5.27. The van der Waals surface area contributed by atoms with E-state index in [1.807, 2.05) is 24.3 Å². The lowest BCUT2D eigenvalue weighted by molar-refractivity contribution is 0.293. The van der Waals surface area contributed by atoms with Gasteiger partial charge in [-0.2, -0.15) is 0 Å². The van der Waals surface area contributed by atoms with Crippen molar-refractivity contribution in [2.24, 2.45) is 0 Å². The Morgan fingerprint density at radius 3 is 2.78 bits per heavy atom. The van der Waals surface area contributed by atoms with Crippen molar-refractivity contribution in [2.45, 2.75) is 12.5 Å². The maximum atomic E-state index is 5.93. The average molecular weight is 347 g/mol. The van der Waals surface area contributed by atoms with Gasteiger partial charge in [0.25, 0.3) is 0 Å². The van der Waals surface area contributed by atoms with Crippen molar-refractivity contribution in [1.29, 1.82) is 0 Å². The van der Waals surface area contributed by atoms with Gasteiger partial charge in [-0.1, -0.05) is 39.7 Å². The van der Waals surface area contributed by atoms with Crippen LogP contribution in [0.1, 0.15) is 11.3 Å². The molecule has 1 aromatic carbocycles. The number of ether oxygens (including phenoxy) is 1. The first-order chi connectivity index (χ1) is 8.69. The fraction of sp³-hybridized carbons (Fsp3) is 0.154. The molecule has 0 atom stereocenters. The third-order valence-electron chi connectivity index (χ3n) is 2.30. The van der Waals surface area contributed by atoms with Gasteiger partial charge in [0.05, 0.1) is 16.6 Å². The Labute approximate surface area is 124 Å².